The maximum atomic E-state index is 15.5. The molecule has 6 saturated heterocycles. The molecule has 0 saturated carbocycles. The zero-order chi connectivity index (χ0) is 105. The Morgan fingerprint density at radius 3 is 1.25 bits per heavy atom. The predicted molar refractivity (Wildman–Crippen MR) is 513 cm³/mol. The van der Waals surface area contributed by atoms with Gasteiger partial charge in [-0.15, -0.1) is 0 Å². The first-order valence-corrected chi connectivity index (χ1v) is 56.2. The van der Waals surface area contributed by atoms with Crippen molar-refractivity contribution in [2.24, 2.45) is 0 Å². The van der Waals surface area contributed by atoms with E-state index in [1.807, 2.05) is 0 Å². The van der Waals surface area contributed by atoms with Gasteiger partial charge in [-0.25, -0.2) is 48.4 Å². The number of imidazole rings is 3. The number of aryl methyl sites for hydroxylation is 3. The van der Waals surface area contributed by atoms with E-state index in [2.05, 4.69) is 72.1 Å². The van der Waals surface area contributed by atoms with Crippen LogP contribution in [0.1, 0.15) is 67.4 Å². The minimum atomic E-state index is -5.94. The summed E-state index contributed by atoms with van der Waals surface area (Å²) in [6.45, 7) is -20.7. The number of ether oxygens (including phenoxy) is 16. The molecule has 15 rings (SSSR count). The van der Waals surface area contributed by atoms with Crippen LogP contribution in [0, 0.1) is 20.8 Å². The van der Waals surface area contributed by atoms with Crippen LogP contribution in [-0.4, -0.2) is 350 Å². The fraction of sp³-hybridized carbons (Fsp3) is 0.640. The smallest absolute Gasteiger partial charge is 0.387 e. The first-order valence-electron chi connectivity index (χ1n) is 44.2. The molecule has 6 aliphatic heterocycles. The number of nitrogens with zero attached hydrogens (tertiary/aromatic N) is 14. The summed E-state index contributed by atoms with van der Waals surface area (Å²) in [6, 6.07) is 0. The number of anilines is 4. The van der Waals surface area contributed by atoms with Crippen molar-refractivity contribution >= 4 is 139 Å². The molecule has 0 spiro atoms. The molecule has 0 amide bonds. The molecule has 146 heavy (non-hydrogen) atoms. The number of methoxy groups -OCH3 is 5. The SMILES string of the molecule is COCCOC1[C@@H](O)[C@@H](COP(O)(=S)O[C@@H]2C(OCCOC)[C@H](n3cnc4c(=O)[nH]c(N)nc43)O[C@@H]2COP(O)(=S)O[C@@H]2C(OCCOC)[C@H](n3cc(C)c(=O)[nH]c3=O)O[C@@H]2COP(=O)(O)O[C@@H]2C(OCCOC)[C@H](n3cnc4c(=O)[nH]c(N)nc43)O[C@@H]2COP(=O)(S)O[C@@H]2C(OCCOC)[C@H](n3cc(C)c(=O)[nH]c3=O)O[C@@H]2COP(O)(=S)O[C@@H]2C[C@H](n3cnc4c(N)ncnc43)O[C@@H]2C)O[C@H]1n1cc(C)c(N)nc1=O. The van der Waals surface area contributed by atoms with Crippen LogP contribution >= 0.6 is 47.0 Å². The molecular weight excluding hydrogens is 2130 g/mol. The second-order valence-corrected chi connectivity index (χ2v) is 46.0. The van der Waals surface area contributed by atoms with E-state index in [-0.39, 0.29) is 116 Å². The zero-order valence-electron chi connectivity index (χ0n) is 78.6. The predicted octanol–water partition coefficient (Wildman–Crippen LogP) is -2.18. The van der Waals surface area contributed by atoms with Crippen LogP contribution in [0.3, 0.4) is 0 Å². The molecule has 6 aliphatic rings. The fourth-order valence-electron chi connectivity index (χ4n) is 16.6. The largest absolute Gasteiger partial charge is 0.472 e. The molecule has 806 valence electrons. The number of phosphoric ester groups is 1. The Bertz CT molecular complexity index is 6830. The highest BCUT2D eigenvalue weighted by atomic mass is 32.7. The minimum Gasteiger partial charge on any atom is -0.387 e. The molecule has 10 unspecified atom stereocenters. The van der Waals surface area contributed by atoms with Gasteiger partial charge in [-0.05, 0) is 63.1 Å². The lowest BCUT2D eigenvalue weighted by molar-refractivity contribution is -0.0839. The number of aromatic nitrogens is 18. The van der Waals surface area contributed by atoms with E-state index in [1.165, 1.54) is 72.8 Å². The van der Waals surface area contributed by atoms with Gasteiger partial charge < -0.3 is 141 Å². The van der Waals surface area contributed by atoms with Crippen LogP contribution in [0.5, 0.6) is 0 Å². The van der Waals surface area contributed by atoms with Gasteiger partial charge in [-0.1, -0.05) is 12.2 Å². The highest BCUT2D eigenvalue weighted by molar-refractivity contribution is 8.44. The van der Waals surface area contributed by atoms with Gasteiger partial charge in [0.25, 0.3) is 22.2 Å². The highest BCUT2D eigenvalue weighted by Crippen LogP contribution is 2.60. The number of hydrogen-bond donors (Lipinski definition) is 14. The number of nitrogen functional groups attached to an aromatic ring is 4. The average Bonchev–Trinajstić information content (AvgIpc) is 1.67. The van der Waals surface area contributed by atoms with Crippen molar-refractivity contribution in [3.05, 3.63) is 133 Å². The summed E-state index contributed by atoms with van der Waals surface area (Å²) in [5.74, 6) is -0.798. The monoisotopic (exact) mass is 2240 g/mol. The van der Waals surface area contributed by atoms with E-state index in [4.69, 9.17) is 179 Å². The number of phosphoric acid groups is 1. The van der Waals surface area contributed by atoms with Gasteiger partial charge >= 0.3 is 51.8 Å². The first kappa shape index (κ1) is 112. The van der Waals surface area contributed by atoms with E-state index in [9.17, 15) is 58.2 Å². The second-order valence-electron chi connectivity index (χ2n) is 33.3. The van der Waals surface area contributed by atoms with Crippen LogP contribution in [0.2, 0.25) is 0 Å². The van der Waals surface area contributed by atoms with E-state index in [1.54, 1.807) is 18.4 Å². The summed E-state index contributed by atoms with van der Waals surface area (Å²) in [5, 5.41) is 11.8. The number of nitrogens with one attached hydrogen (secondary N) is 4. The van der Waals surface area contributed by atoms with Crippen molar-refractivity contribution in [1.82, 2.24) is 87.2 Å². The van der Waals surface area contributed by atoms with Gasteiger partial charge in [0.2, 0.25) is 11.9 Å². The molecule has 0 bridgehead atoms. The van der Waals surface area contributed by atoms with Crippen molar-refractivity contribution in [2.75, 3.05) is 158 Å². The Hall–Kier alpha value is -7.79. The topological polar surface area (TPSA) is 795 Å². The van der Waals surface area contributed by atoms with Gasteiger partial charge in [-0.2, -0.15) is 15.0 Å². The molecule has 62 nitrogen and oxygen atoms in total. The van der Waals surface area contributed by atoms with Gasteiger partial charge in [0.15, 0.2) is 64.9 Å². The maximum absolute atomic E-state index is 15.5. The number of aliphatic hydroxyl groups is 1. The Kier molecular flexibility index (Phi) is 37.0. The van der Waals surface area contributed by atoms with Gasteiger partial charge in [0.1, 0.15) is 115 Å². The Morgan fingerprint density at radius 1 is 0.411 bits per heavy atom. The molecule has 15 heterocycles. The fourth-order valence-corrected chi connectivity index (χ4v) is 23.4. The molecule has 0 radical (unpaired) electrons. The first-order chi connectivity index (χ1) is 69.4. The summed E-state index contributed by atoms with van der Waals surface area (Å²) < 4.78 is 196. The van der Waals surface area contributed by atoms with Crippen LogP contribution in [0.25, 0.3) is 33.5 Å². The van der Waals surface area contributed by atoms with E-state index >= 15 is 9.13 Å². The van der Waals surface area contributed by atoms with Gasteiger partial charge in [-0.3, -0.25) is 93.7 Å². The second kappa shape index (κ2) is 48.0. The van der Waals surface area contributed by atoms with Gasteiger partial charge in [0.05, 0.1) is 130 Å². The lowest BCUT2D eigenvalue weighted by Gasteiger charge is -2.30. The van der Waals surface area contributed by atoms with Crippen molar-refractivity contribution in [2.45, 2.75) is 175 Å². The van der Waals surface area contributed by atoms with Crippen LogP contribution in [-0.2, 0) is 166 Å². The molecule has 0 aliphatic carbocycles. The number of hydrogen-bond acceptors (Lipinski definition) is 51. The Labute approximate surface area is 843 Å². The number of aromatic amines is 4. The summed E-state index contributed by atoms with van der Waals surface area (Å²) in [7, 11) is 0.771. The number of nitrogens with two attached hydrogens (primary N) is 4. The molecule has 28 atom stereocenters. The van der Waals surface area contributed by atoms with Crippen molar-refractivity contribution in [3.8, 4) is 0 Å². The lowest BCUT2D eigenvalue weighted by atomic mass is 10.1. The van der Waals surface area contributed by atoms with E-state index in [0.29, 0.717) is 11.2 Å². The standard InChI is InChI=1S/C75H107N22O40P5S4/c1-33-21-92(73(103)85-57(33)76)66-52(117-15-10-112-5)47(98)38(128-66)24-123-140(109,144)137-51-42(132-70(56(51)121-19-14-116-9)97-32-84-46-61(97)87-72(79)89-65(46)102)28-126-142(111,146)135-49-39(129-67(54(49)119-17-12-114-7)93-22-34(2)62(99)90-74(93)104)25-122-138(106,107)134-48-40(131-69(53(48)118-16-11-113-6)96-31-83-45-60(96)86-71(78)88-64(45)101)26-125-141(110,145)136-50-41(130-68(55(50)120-18-13-115-8)94-23-35(3)63(100)91-75(94)105)27-124-139(108,143)133-37-20-43(127-36(37)4)95-30-82-44-58(77)80-29-81-59(44)95/h21-23,29-32,36-43,47-56,66-70,98H,10-20,24-28H2,1-9H3,(H,106,107)(H,108,143)(H,109,144)(H,110,145)(H,111,146)(H2,76,85,103)(H2,77,80,81)(H,90,99,104)(H,91,100,105)(H3,78,86,88,101)(H3,79,87,89,102)/t36-,37-,38-,39-,40-,41-,42-,43-,47+,48+,49+,50+,51+,52?,53?,54?,55?,56?,66-,67-,68-,69-,70-,139?,140?,141?,142?/m1/s1. The number of fused-ring (bicyclic) bond motifs is 3. The van der Waals surface area contributed by atoms with Crippen molar-refractivity contribution in [1.29, 1.82) is 0 Å². The minimum absolute atomic E-state index is 0.00367. The molecule has 6 fully saturated rings. The van der Waals surface area contributed by atoms with E-state index in [0.717, 1.165) is 43.3 Å². The molecule has 9 aromatic rings. The van der Waals surface area contributed by atoms with Crippen LogP contribution < -0.4 is 62.2 Å². The molecule has 0 aromatic carbocycles. The maximum Gasteiger partial charge on any atom is 0.472 e. The normalized spacial score (nSPS) is 29.1. The molecule has 9 aromatic heterocycles. The Balaban J connectivity index is 0.724. The third kappa shape index (κ3) is 26.0. The molecular formula is C75H107N22O40P5S4. The van der Waals surface area contributed by atoms with Crippen LogP contribution in [0.4, 0.5) is 23.5 Å². The number of rotatable bonds is 51. The summed E-state index contributed by atoms with van der Waals surface area (Å²) >= 11 is 21.6. The molecule has 17 N–H and O–H groups in total. The summed E-state index contributed by atoms with van der Waals surface area (Å²) in [6.07, 6.45) is -28.1. The highest BCUT2D eigenvalue weighted by Gasteiger charge is 2.58. The quantitative estimate of drug-likeness (QED) is 0.0109. The third-order valence-electron chi connectivity index (χ3n) is 23.5. The van der Waals surface area contributed by atoms with Crippen molar-refractivity contribution in [3.63, 3.8) is 0 Å². The zero-order valence-corrected chi connectivity index (χ0v) is 86.5. The van der Waals surface area contributed by atoms with Crippen LogP contribution in [0.15, 0.2) is 77.5 Å². The van der Waals surface area contributed by atoms with Crippen molar-refractivity contribution < 1.29 is 155 Å². The Morgan fingerprint density at radius 2 is 0.788 bits per heavy atom. The van der Waals surface area contributed by atoms with E-state index < -0.39 is 267 Å². The summed E-state index contributed by atoms with van der Waals surface area (Å²) in [5.41, 5.74) is 17.7. The number of thiol groups is 1. The average molecular weight is 2240 g/mol. The molecule has 71 heteroatoms. The van der Waals surface area contributed by atoms with Gasteiger partial charge in [0, 0.05) is 77.3 Å². The summed E-state index contributed by atoms with van der Waals surface area (Å²) in [4.78, 5) is 186. The number of aliphatic hydroxyl groups excluding tert-OH is 1. The number of H-pyrrole nitrogens is 4. The lowest BCUT2D eigenvalue weighted by Crippen LogP contribution is -2.42. The third-order valence-corrected chi connectivity index (χ3v) is 30.8.